The van der Waals surface area contributed by atoms with E-state index in [0.29, 0.717) is 5.02 Å². The summed E-state index contributed by atoms with van der Waals surface area (Å²) in [5.74, 6) is 0.599. The highest BCUT2D eigenvalue weighted by molar-refractivity contribution is 6.30. The van der Waals surface area contributed by atoms with Gasteiger partial charge in [-0.05, 0) is 86.3 Å². The van der Waals surface area contributed by atoms with Crippen LogP contribution in [-0.2, 0) is 17.6 Å². The highest BCUT2D eigenvalue weighted by Gasteiger charge is 2.19. The summed E-state index contributed by atoms with van der Waals surface area (Å²) in [5, 5.41) is 3.65. The second-order valence-corrected chi connectivity index (χ2v) is 7.67. The van der Waals surface area contributed by atoms with E-state index in [0.717, 1.165) is 36.6 Å². The molecule has 4 heteroatoms. The standard InChI is InChI=1S/C22H25ClN2O/c1-25(2)15-17-3-7-19-14-21(11-8-18(19)13-17)24-22(26)12-6-16-4-9-20(23)10-5-16/h4-6,8-12,14,17H,3,7,13,15H2,1-2H3,(H,24,26)/b12-6+. The van der Waals surface area contributed by atoms with Crippen molar-refractivity contribution in [3.63, 3.8) is 0 Å². The SMILES string of the molecule is CN(C)CC1CCc2cc(NC(=O)/C=C/c3ccc(Cl)cc3)ccc2C1. The van der Waals surface area contributed by atoms with E-state index >= 15 is 0 Å². The molecule has 136 valence electrons. The van der Waals surface area contributed by atoms with Gasteiger partial charge in [-0.25, -0.2) is 0 Å². The molecular formula is C22H25ClN2O. The van der Waals surface area contributed by atoms with Crippen molar-refractivity contribution in [1.29, 1.82) is 0 Å². The molecule has 1 aliphatic carbocycles. The third kappa shape index (κ3) is 5.20. The van der Waals surface area contributed by atoms with Gasteiger partial charge >= 0.3 is 0 Å². The Hall–Kier alpha value is -2.10. The number of hydrogen-bond donors (Lipinski definition) is 1. The topological polar surface area (TPSA) is 32.3 Å². The molecule has 0 heterocycles. The second kappa shape index (κ2) is 8.52. The summed E-state index contributed by atoms with van der Waals surface area (Å²) in [6, 6.07) is 13.7. The van der Waals surface area contributed by atoms with Crippen LogP contribution < -0.4 is 5.32 Å². The van der Waals surface area contributed by atoms with Crippen LogP contribution in [0.15, 0.2) is 48.5 Å². The zero-order valence-electron chi connectivity index (χ0n) is 15.3. The van der Waals surface area contributed by atoms with Crippen molar-refractivity contribution in [2.75, 3.05) is 26.0 Å². The Balaban J connectivity index is 1.60. The van der Waals surface area contributed by atoms with Crippen LogP contribution in [0.2, 0.25) is 5.02 Å². The van der Waals surface area contributed by atoms with Crippen LogP contribution in [-0.4, -0.2) is 31.4 Å². The summed E-state index contributed by atoms with van der Waals surface area (Å²) < 4.78 is 0. The van der Waals surface area contributed by atoms with Crippen LogP contribution in [0.4, 0.5) is 5.69 Å². The summed E-state index contributed by atoms with van der Waals surface area (Å²) in [6.45, 7) is 1.13. The molecule has 0 aromatic heterocycles. The molecule has 0 spiro atoms. The van der Waals surface area contributed by atoms with Gasteiger partial charge in [-0.1, -0.05) is 29.8 Å². The fourth-order valence-electron chi connectivity index (χ4n) is 3.51. The molecule has 1 unspecified atom stereocenters. The van der Waals surface area contributed by atoms with E-state index in [2.05, 4.69) is 36.4 Å². The van der Waals surface area contributed by atoms with Gasteiger partial charge in [-0.15, -0.1) is 0 Å². The molecule has 0 aliphatic heterocycles. The van der Waals surface area contributed by atoms with E-state index in [1.165, 1.54) is 17.5 Å². The van der Waals surface area contributed by atoms with Gasteiger partial charge in [-0.3, -0.25) is 4.79 Å². The average Bonchev–Trinajstić information content (AvgIpc) is 2.61. The molecule has 0 saturated carbocycles. The summed E-state index contributed by atoms with van der Waals surface area (Å²) in [5.41, 5.74) is 4.58. The maximum atomic E-state index is 12.2. The largest absolute Gasteiger partial charge is 0.323 e. The number of carbonyl (C=O) groups is 1. The zero-order valence-corrected chi connectivity index (χ0v) is 16.1. The van der Waals surface area contributed by atoms with Gasteiger partial charge in [0.25, 0.3) is 0 Å². The molecule has 1 N–H and O–H groups in total. The maximum absolute atomic E-state index is 12.2. The van der Waals surface area contributed by atoms with Gasteiger partial charge in [0.1, 0.15) is 0 Å². The summed E-state index contributed by atoms with van der Waals surface area (Å²) in [7, 11) is 4.26. The van der Waals surface area contributed by atoms with Crippen molar-refractivity contribution in [2.45, 2.75) is 19.3 Å². The number of halogens is 1. The third-order valence-electron chi connectivity index (χ3n) is 4.72. The van der Waals surface area contributed by atoms with Gasteiger partial charge in [0.15, 0.2) is 0 Å². The van der Waals surface area contributed by atoms with Gasteiger partial charge < -0.3 is 10.2 Å². The Kier molecular flexibility index (Phi) is 6.12. The average molecular weight is 369 g/mol. The normalized spacial score (nSPS) is 16.7. The van der Waals surface area contributed by atoms with Crippen molar-refractivity contribution in [3.8, 4) is 0 Å². The first-order valence-electron chi connectivity index (χ1n) is 9.01. The first-order valence-corrected chi connectivity index (χ1v) is 9.38. The molecule has 1 atom stereocenters. The summed E-state index contributed by atoms with van der Waals surface area (Å²) in [6.07, 6.45) is 6.75. The lowest BCUT2D eigenvalue weighted by Gasteiger charge is -2.27. The fourth-order valence-corrected chi connectivity index (χ4v) is 3.64. The molecule has 0 fully saturated rings. The Morgan fingerprint density at radius 3 is 2.69 bits per heavy atom. The quantitative estimate of drug-likeness (QED) is 0.778. The Labute approximate surface area is 160 Å². The predicted octanol–water partition coefficient (Wildman–Crippen LogP) is 4.66. The number of hydrogen-bond acceptors (Lipinski definition) is 2. The molecular weight excluding hydrogens is 344 g/mol. The monoisotopic (exact) mass is 368 g/mol. The van der Waals surface area contributed by atoms with E-state index in [1.54, 1.807) is 12.2 Å². The Morgan fingerprint density at radius 1 is 1.19 bits per heavy atom. The molecule has 1 aliphatic rings. The van der Waals surface area contributed by atoms with E-state index < -0.39 is 0 Å². The number of anilines is 1. The number of fused-ring (bicyclic) bond motifs is 1. The number of carbonyl (C=O) groups excluding carboxylic acids is 1. The molecule has 0 bridgehead atoms. The smallest absolute Gasteiger partial charge is 0.248 e. The number of amides is 1. The number of benzene rings is 2. The first kappa shape index (κ1) is 18.7. The molecule has 2 aromatic carbocycles. The number of nitrogens with zero attached hydrogens (tertiary/aromatic N) is 1. The number of rotatable bonds is 5. The lowest BCUT2D eigenvalue weighted by atomic mass is 9.83. The number of nitrogens with one attached hydrogen (secondary N) is 1. The highest BCUT2D eigenvalue weighted by atomic mass is 35.5. The summed E-state index contributed by atoms with van der Waals surface area (Å²) >= 11 is 5.87. The molecule has 2 aromatic rings. The van der Waals surface area contributed by atoms with Crippen LogP contribution in [0.3, 0.4) is 0 Å². The summed E-state index contributed by atoms with van der Waals surface area (Å²) in [4.78, 5) is 14.4. The lowest BCUT2D eigenvalue weighted by molar-refractivity contribution is -0.111. The maximum Gasteiger partial charge on any atom is 0.248 e. The van der Waals surface area contributed by atoms with Crippen LogP contribution in [0.1, 0.15) is 23.1 Å². The van der Waals surface area contributed by atoms with Gasteiger partial charge in [0.2, 0.25) is 5.91 Å². The third-order valence-corrected chi connectivity index (χ3v) is 4.98. The molecule has 26 heavy (non-hydrogen) atoms. The molecule has 0 radical (unpaired) electrons. The minimum Gasteiger partial charge on any atom is -0.323 e. The van der Waals surface area contributed by atoms with Crippen molar-refractivity contribution in [3.05, 3.63) is 70.3 Å². The lowest BCUT2D eigenvalue weighted by Crippen LogP contribution is -2.26. The van der Waals surface area contributed by atoms with Gasteiger partial charge in [0, 0.05) is 23.3 Å². The van der Waals surface area contributed by atoms with Crippen LogP contribution >= 0.6 is 11.6 Å². The second-order valence-electron chi connectivity index (χ2n) is 7.23. The minimum atomic E-state index is -0.124. The van der Waals surface area contributed by atoms with Crippen molar-refractivity contribution in [2.24, 2.45) is 5.92 Å². The van der Waals surface area contributed by atoms with Crippen molar-refractivity contribution < 1.29 is 4.79 Å². The molecule has 0 saturated heterocycles. The first-order chi connectivity index (χ1) is 12.5. The molecule has 1 amide bonds. The van der Waals surface area contributed by atoms with E-state index in [4.69, 9.17) is 11.6 Å². The molecule has 3 nitrogen and oxygen atoms in total. The van der Waals surface area contributed by atoms with E-state index in [-0.39, 0.29) is 5.91 Å². The van der Waals surface area contributed by atoms with E-state index in [9.17, 15) is 4.79 Å². The Morgan fingerprint density at radius 2 is 1.96 bits per heavy atom. The Bertz CT molecular complexity index is 796. The zero-order chi connectivity index (χ0) is 18.5. The van der Waals surface area contributed by atoms with Gasteiger partial charge in [0.05, 0.1) is 0 Å². The predicted molar refractivity (Wildman–Crippen MR) is 110 cm³/mol. The fraction of sp³-hybridized carbons (Fsp3) is 0.318. The van der Waals surface area contributed by atoms with Crippen LogP contribution in [0.25, 0.3) is 6.08 Å². The highest BCUT2D eigenvalue weighted by Crippen LogP contribution is 2.28. The van der Waals surface area contributed by atoms with E-state index in [1.807, 2.05) is 30.3 Å². The van der Waals surface area contributed by atoms with Crippen molar-refractivity contribution >= 4 is 29.3 Å². The van der Waals surface area contributed by atoms with Crippen LogP contribution in [0.5, 0.6) is 0 Å². The van der Waals surface area contributed by atoms with Crippen molar-refractivity contribution in [1.82, 2.24) is 4.90 Å². The minimum absolute atomic E-state index is 0.124. The molecule has 3 rings (SSSR count). The van der Waals surface area contributed by atoms with Crippen LogP contribution in [0, 0.1) is 5.92 Å². The number of aryl methyl sites for hydroxylation is 1. The van der Waals surface area contributed by atoms with Gasteiger partial charge in [-0.2, -0.15) is 0 Å².